The van der Waals surface area contributed by atoms with E-state index in [4.69, 9.17) is 16.3 Å². The normalized spacial score (nSPS) is 14.3. The lowest BCUT2D eigenvalue weighted by atomic mass is 9.90. The van der Waals surface area contributed by atoms with Crippen molar-refractivity contribution in [3.05, 3.63) is 76.9 Å². The maximum absolute atomic E-state index is 12.6. The SMILES string of the molecule is COc1ccc(Cl)cc1NC(=O)c1ccc(N2CCC(Cc3ccccc3)CC2)nn1. The van der Waals surface area contributed by atoms with E-state index < -0.39 is 0 Å². The highest BCUT2D eigenvalue weighted by Gasteiger charge is 2.21. The number of halogens is 1. The van der Waals surface area contributed by atoms with E-state index in [9.17, 15) is 4.79 Å². The zero-order valence-corrected chi connectivity index (χ0v) is 18.2. The second kappa shape index (κ2) is 9.79. The molecule has 2 heterocycles. The maximum Gasteiger partial charge on any atom is 0.276 e. The van der Waals surface area contributed by atoms with Crippen molar-refractivity contribution in [2.45, 2.75) is 19.3 Å². The minimum Gasteiger partial charge on any atom is -0.495 e. The molecule has 0 spiro atoms. The Bertz CT molecular complexity index is 1020. The summed E-state index contributed by atoms with van der Waals surface area (Å²) in [5, 5.41) is 11.7. The molecule has 0 saturated carbocycles. The largest absolute Gasteiger partial charge is 0.495 e. The van der Waals surface area contributed by atoms with E-state index >= 15 is 0 Å². The first-order valence-electron chi connectivity index (χ1n) is 10.4. The number of rotatable bonds is 6. The van der Waals surface area contributed by atoms with Crippen molar-refractivity contribution in [1.29, 1.82) is 0 Å². The van der Waals surface area contributed by atoms with Gasteiger partial charge in [0.15, 0.2) is 11.5 Å². The molecule has 31 heavy (non-hydrogen) atoms. The highest BCUT2D eigenvalue weighted by atomic mass is 35.5. The summed E-state index contributed by atoms with van der Waals surface area (Å²) in [5.74, 6) is 1.65. The van der Waals surface area contributed by atoms with Gasteiger partial charge in [0.1, 0.15) is 5.75 Å². The fraction of sp³-hybridized carbons (Fsp3) is 0.292. The third kappa shape index (κ3) is 5.33. The van der Waals surface area contributed by atoms with Gasteiger partial charge in [-0.15, -0.1) is 10.2 Å². The molecule has 2 aromatic carbocycles. The van der Waals surface area contributed by atoms with Gasteiger partial charge in [0, 0.05) is 18.1 Å². The molecule has 0 radical (unpaired) electrons. The molecule has 0 unspecified atom stereocenters. The Hall–Kier alpha value is -3.12. The minimum absolute atomic E-state index is 0.241. The number of hydrogen-bond acceptors (Lipinski definition) is 5. The molecule has 7 heteroatoms. The fourth-order valence-corrected chi connectivity index (χ4v) is 4.06. The Labute approximate surface area is 187 Å². The summed E-state index contributed by atoms with van der Waals surface area (Å²) in [5.41, 5.74) is 2.13. The number of amides is 1. The summed E-state index contributed by atoms with van der Waals surface area (Å²) in [6.45, 7) is 1.88. The molecule has 4 rings (SSSR count). The molecular weight excluding hydrogens is 412 g/mol. The van der Waals surface area contributed by atoms with Crippen molar-refractivity contribution in [3.8, 4) is 5.75 Å². The van der Waals surface area contributed by atoms with Crippen molar-refractivity contribution < 1.29 is 9.53 Å². The van der Waals surface area contributed by atoms with Crippen LogP contribution >= 0.6 is 11.6 Å². The molecule has 1 fully saturated rings. The molecule has 1 amide bonds. The van der Waals surface area contributed by atoms with Crippen LogP contribution in [0.4, 0.5) is 11.5 Å². The molecule has 1 aliphatic heterocycles. The first-order valence-corrected chi connectivity index (χ1v) is 10.8. The number of carbonyl (C=O) groups excluding carboxylic acids is 1. The highest BCUT2D eigenvalue weighted by molar-refractivity contribution is 6.31. The van der Waals surface area contributed by atoms with E-state index in [1.54, 1.807) is 24.3 Å². The van der Waals surface area contributed by atoms with Crippen LogP contribution in [0.25, 0.3) is 0 Å². The third-order valence-corrected chi connectivity index (χ3v) is 5.83. The molecule has 1 N–H and O–H groups in total. The van der Waals surface area contributed by atoms with E-state index in [1.165, 1.54) is 12.7 Å². The highest BCUT2D eigenvalue weighted by Crippen LogP contribution is 2.28. The van der Waals surface area contributed by atoms with Gasteiger partial charge in [-0.1, -0.05) is 41.9 Å². The molecule has 0 atom stereocenters. The van der Waals surface area contributed by atoms with Crippen molar-refractivity contribution in [1.82, 2.24) is 10.2 Å². The van der Waals surface area contributed by atoms with Gasteiger partial charge in [0.05, 0.1) is 12.8 Å². The molecule has 0 bridgehead atoms. The van der Waals surface area contributed by atoms with Gasteiger partial charge in [-0.3, -0.25) is 4.79 Å². The number of benzene rings is 2. The number of piperidine rings is 1. The first kappa shape index (κ1) is 21.1. The minimum atomic E-state index is -0.360. The van der Waals surface area contributed by atoms with Crippen LogP contribution in [0, 0.1) is 5.92 Å². The number of ether oxygens (including phenoxy) is 1. The van der Waals surface area contributed by atoms with Crippen LogP contribution in [0.15, 0.2) is 60.7 Å². The summed E-state index contributed by atoms with van der Waals surface area (Å²) >= 11 is 6.03. The molecule has 1 aromatic heterocycles. The van der Waals surface area contributed by atoms with Gasteiger partial charge < -0.3 is 15.0 Å². The average Bonchev–Trinajstić information content (AvgIpc) is 2.80. The lowest BCUT2D eigenvalue weighted by Crippen LogP contribution is -2.35. The van der Waals surface area contributed by atoms with Gasteiger partial charge in [-0.25, -0.2) is 0 Å². The Balaban J connectivity index is 1.34. The lowest BCUT2D eigenvalue weighted by molar-refractivity contribution is 0.102. The Kier molecular flexibility index (Phi) is 6.67. The molecular formula is C24H25ClN4O2. The summed E-state index contributed by atoms with van der Waals surface area (Å²) in [4.78, 5) is 14.8. The number of nitrogens with zero attached hydrogens (tertiary/aromatic N) is 3. The average molecular weight is 437 g/mol. The lowest BCUT2D eigenvalue weighted by Gasteiger charge is -2.32. The molecule has 6 nitrogen and oxygen atoms in total. The number of aromatic nitrogens is 2. The topological polar surface area (TPSA) is 67.3 Å². The molecule has 0 aliphatic carbocycles. The van der Waals surface area contributed by atoms with E-state index in [1.807, 2.05) is 6.07 Å². The van der Waals surface area contributed by atoms with Crippen LogP contribution in [-0.2, 0) is 6.42 Å². The summed E-state index contributed by atoms with van der Waals surface area (Å²) in [7, 11) is 1.54. The predicted molar refractivity (Wildman–Crippen MR) is 123 cm³/mol. The van der Waals surface area contributed by atoms with Crippen LogP contribution in [0.2, 0.25) is 5.02 Å². The zero-order valence-electron chi connectivity index (χ0n) is 17.4. The van der Waals surface area contributed by atoms with Crippen LogP contribution in [0.5, 0.6) is 5.75 Å². The summed E-state index contributed by atoms with van der Waals surface area (Å²) in [6, 6.07) is 19.2. The number of nitrogens with one attached hydrogen (secondary N) is 1. The Morgan fingerprint density at radius 1 is 1.10 bits per heavy atom. The third-order valence-electron chi connectivity index (χ3n) is 5.60. The van der Waals surface area contributed by atoms with Gasteiger partial charge in [-0.2, -0.15) is 0 Å². The number of anilines is 2. The number of methoxy groups -OCH3 is 1. The van der Waals surface area contributed by atoms with Gasteiger partial charge in [-0.05, 0) is 61.1 Å². The van der Waals surface area contributed by atoms with Crippen molar-refractivity contribution >= 4 is 29.0 Å². The fourth-order valence-electron chi connectivity index (χ4n) is 3.89. The predicted octanol–water partition coefficient (Wildman–Crippen LogP) is 4.85. The zero-order chi connectivity index (χ0) is 21.6. The quantitative estimate of drug-likeness (QED) is 0.598. The maximum atomic E-state index is 12.6. The second-order valence-corrected chi connectivity index (χ2v) is 8.13. The van der Waals surface area contributed by atoms with Crippen molar-refractivity contribution in [2.24, 2.45) is 5.92 Å². The number of hydrogen-bond donors (Lipinski definition) is 1. The van der Waals surface area contributed by atoms with Gasteiger partial charge in [0.2, 0.25) is 0 Å². The van der Waals surface area contributed by atoms with Crippen LogP contribution in [0.3, 0.4) is 0 Å². The smallest absolute Gasteiger partial charge is 0.276 e. The number of carbonyl (C=O) groups is 1. The second-order valence-electron chi connectivity index (χ2n) is 7.70. The van der Waals surface area contributed by atoms with E-state index in [2.05, 4.69) is 50.7 Å². The monoisotopic (exact) mass is 436 g/mol. The standard InChI is InChI=1S/C24H25ClN4O2/c1-31-22-9-7-19(25)16-21(22)26-24(30)20-8-10-23(28-27-20)29-13-11-18(12-14-29)15-17-5-3-2-4-6-17/h2-10,16,18H,11-15H2,1H3,(H,26,30). The first-order chi connectivity index (χ1) is 15.1. The summed E-state index contributed by atoms with van der Waals surface area (Å²) in [6.07, 6.45) is 3.35. The van der Waals surface area contributed by atoms with E-state index in [-0.39, 0.29) is 11.6 Å². The Morgan fingerprint density at radius 2 is 1.87 bits per heavy atom. The Morgan fingerprint density at radius 3 is 2.55 bits per heavy atom. The summed E-state index contributed by atoms with van der Waals surface area (Å²) < 4.78 is 5.27. The van der Waals surface area contributed by atoms with Crippen molar-refractivity contribution in [3.63, 3.8) is 0 Å². The van der Waals surface area contributed by atoms with E-state index in [0.717, 1.165) is 38.2 Å². The van der Waals surface area contributed by atoms with Crippen LogP contribution in [0.1, 0.15) is 28.9 Å². The molecule has 160 valence electrons. The van der Waals surface area contributed by atoms with Gasteiger partial charge >= 0.3 is 0 Å². The van der Waals surface area contributed by atoms with E-state index in [0.29, 0.717) is 22.4 Å². The molecule has 1 saturated heterocycles. The van der Waals surface area contributed by atoms with Crippen LogP contribution < -0.4 is 15.0 Å². The molecule has 3 aromatic rings. The molecule has 1 aliphatic rings. The van der Waals surface area contributed by atoms with Gasteiger partial charge in [0.25, 0.3) is 5.91 Å². The van der Waals surface area contributed by atoms with Crippen LogP contribution in [-0.4, -0.2) is 36.3 Å². The van der Waals surface area contributed by atoms with Crippen molar-refractivity contribution in [2.75, 3.05) is 30.4 Å².